The first-order valence-electron chi connectivity index (χ1n) is 22.9. The molecular formula is C49H77NO14. The van der Waals surface area contributed by atoms with Crippen LogP contribution in [0.1, 0.15) is 92.9 Å². The second kappa shape index (κ2) is 28.0. The number of aliphatic hydroxyl groups excluding tert-OH is 7. The van der Waals surface area contributed by atoms with Crippen molar-refractivity contribution in [3.63, 3.8) is 0 Å². The molecule has 0 aromatic rings. The Kier molecular flexibility index (Phi) is 24.1. The van der Waals surface area contributed by atoms with Gasteiger partial charge < -0.3 is 65.5 Å². The van der Waals surface area contributed by atoms with Gasteiger partial charge in [0.15, 0.2) is 6.29 Å². The molecule has 2 bridgehead atoms. The Morgan fingerprint density at radius 1 is 0.609 bits per heavy atom. The number of cyclic esters (lactones) is 1. The van der Waals surface area contributed by atoms with Crippen molar-refractivity contribution < 1.29 is 69.4 Å². The van der Waals surface area contributed by atoms with Gasteiger partial charge in [-0.25, -0.2) is 0 Å². The molecule has 19 atom stereocenters. The first-order valence-corrected chi connectivity index (χ1v) is 22.9. The molecule has 15 heteroatoms. The van der Waals surface area contributed by atoms with Crippen molar-refractivity contribution in [1.29, 1.82) is 0 Å². The van der Waals surface area contributed by atoms with E-state index in [1.165, 1.54) is 0 Å². The van der Waals surface area contributed by atoms with E-state index in [1.54, 1.807) is 24.3 Å². The number of esters is 1. The lowest BCUT2D eigenvalue weighted by molar-refractivity contribution is -0.269. The number of ether oxygens (including phenoxy) is 4. The Morgan fingerprint density at radius 2 is 1.19 bits per heavy atom. The summed E-state index contributed by atoms with van der Waals surface area (Å²) < 4.78 is 24.1. The molecule has 0 aromatic carbocycles. The topological polar surface area (TPSA) is 259 Å². The molecule has 0 aliphatic carbocycles. The number of fused-ring (bicyclic) bond motifs is 2. The van der Waals surface area contributed by atoms with Crippen LogP contribution < -0.4 is 5.73 Å². The Bertz CT molecular complexity index is 1610. The molecule has 362 valence electrons. The van der Waals surface area contributed by atoms with E-state index in [0.29, 0.717) is 0 Å². The van der Waals surface area contributed by atoms with Gasteiger partial charge in [0.05, 0.1) is 67.5 Å². The zero-order chi connectivity index (χ0) is 47.5. The molecule has 5 unspecified atom stereocenters. The smallest absolute Gasteiger partial charge is 0.311 e. The molecule has 0 radical (unpaired) electrons. The third-order valence-corrected chi connectivity index (χ3v) is 13.0. The van der Waals surface area contributed by atoms with Crippen LogP contribution in [0.4, 0.5) is 0 Å². The van der Waals surface area contributed by atoms with Crippen molar-refractivity contribution in [2.75, 3.05) is 0 Å². The fraction of sp³-hybridized carbons (Fsp3) is 0.673. The van der Waals surface area contributed by atoms with Crippen LogP contribution in [-0.4, -0.2) is 138 Å². The number of aliphatic hydroxyl groups is 7. The maximum atomic E-state index is 12.7. The molecule has 2 saturated heterocycles. The molecule has 10 N–H and O–H groups in total. The maximum absolute atomic E-state index is 12.7. The van der Waals surface area contributed by atoms with Crippen molar-refractivity contribution in [2.45, 2.75) is 178 Å². The third kappa shape index (κ3) is 18.5. The molecular weight excluding hydrogens is 827 g/mol. The number of hydrogen-bond donors (Lipinski definition) is 9. The van der Waals surface area contributed by atoms with E-state index in [1.807, 2.05) is 82.4 Å². The summed E-state index contributed by atoms with van der Waals surface area (Å²) in [5.41, 5.74) is 6.29. The molecule has 0 saturated carbocycles. The predicted octanol–water partition coefficient (Wildman–Crippen LogP) is 3.94. The summed E-state index contributed by atoms with van der Waals surface area (Å²) in [6.07, 6.45) is 11.3. The number of carboxylic acids is 1. The van der Waals surface area contributed by atoms with Crippen LogP contribution in [0.5, 0.6) is 0 Å². The standard InChI is InChI=1S/C49H77NO14/c1-29-19-17-15-13-11-9-7-8-10-12-14-16-18-20-38(64-49-47(58)46(50)32(4)34(6)62-49)28-43-45(48(59)60)42(56)27-39(63-43)24-37(53)25-41(55)40(54)22-21-35(51)23-36(52)26-44(57)61-33(5)31(3)30(29)2/h7-20,29-43,45-47,49,51-56,58H,21-28,50H2,1-6H3,(H,59,60)/b8-7+,11-9+,12-10+,15-13+,16-14+,19-17+,20-18+/t29-,30+,31+,32?,33-,34?,35+,36+,37+,38-,39+,40+,41+,42-,43-,45+,46?,47?,49?/m0/s1. The largest absolute Gasteiger partial charge is 0.481 e. The first-order chi connectivity index (χ1) is 30.3. The van der Waals surface area contributed by atoms with Crippen molar-refractivity contribution in [1.82, 2.24) is 0 Å². The van der Waals surface area contributed by atoms with Crippen LogP contribution in [-0.2, 0) is 28.5 Å². The van der Waals surface area contributed by atoms with Gasteiger partial charge in [0.1, 0.15) is 18.1 Å². The number of rotatable bonds is 3. The van der Waals surface area contributed by atoms with Crippen LogP contribution in [0.3, 0.4) is 0 Å². The molecule has 0 aromatic heterocycles. The highest BCUT2D eigenvalue weighted by atomic mass is 16.7. The number of hydrogen-bond acceptors (Lipinski definition) is 14. The van der Waals surface area contributed by atoms with Gasteiger partial charge in [0.25, 0.3) is 0 Å². The number of carboxylic acid groups (broad SMARTS) is 1. The van der Waals surface area contributed by atoms with Crippen LogP contribution in [0.25, 0.3) is 0 Å². The maximum Gasteiger partial charge on any atom is 0.311 e. The zero-order valence-electron chi connectivity index (χ0n) is 38.3. The Hall–Kier alpha value is -3.32. The molecule has 3 aliphatic heterocycles. The van der Waals surface area contributed by atoms with Crippen molar-refractivity contribution in [3.05, 3.63) is 85.1 Å². The average Bonchev–Trinajstić information content (AvgIpc) is 3.22. The monoisotopic (exact) mass is 904 g/mol. The summed E-state index contributed by atoms with van der Waals surface area (Å²) >= 11 is 0. The van der Waals surface area contributed by atoms with Gasteiger partial charge in [-0.2, -0.15) is 0 Å². The van der Waals surface area contributed by atoms with Crippen molar-refractivity contribution in [2.24, 2.45) is 35.3 Å². The fourth-order valence-corrected chi connectivity index (χ4v) is 8.26. The molecule has 2 fully saturated rings. The number of nitrogens with two attached hydrogens (primary N) is 1. The Labute approximate surface area is 379 Å². The van der Waals surface area contributed by atoms with Gasteiger partial charge in [0, 0.05) is 25.3 Å². The Balaban J connectivity index is 1.83. The summed E-state index contributed by atoms with van der Waals surface area (Å²) in [6, 6.07) is -0.650. The van der Waals surface area contributed by atoms with E-state index in [0.717, 1.165) is 0 Å². The number of aliphatic carboxylic acids is 1. The highest BCUT2D eigenvalue weighted by Crippen LogP contribution is 2.34. The van der Waals surface area contributed by atoms with E-state index in [4.69, 9.17) is 24.7 Å². The van der Waals surface area contributed by atoms with Gasteiger partial charge in [-0.3, -0.25) is 9.59 Å². The molecule has 3 rings (SSSR count). The molecule has 0 amide bonds. The number of allylic oxidation sites excluding steroid dienone is 13. The van der Waals surface area contributed by atoms with E-state index in [-0.39, 0.29) is 81.1 Å². The lowest BCUT2D eigenvalue weighted by Crippen LogP contribution is -2.58. The summed E-state index contributed by atoms with van der Waals surface area (Å²) in [6.45, 7) is 11.7. The van der Waals surface area contributed by atoms with E-state index in [2.05, 4.69) is 19.9 Å². The molecule has 15 nitrogen and oxygen atoms in total. The fourth-order valence-electron chi connectivity index (χ4n) is 8.26. The second-order valence-corrected chi connectivity index (χ2v) is 18.1. The minimum Gasteiger partial charge on any atom is -0.481 e. The SMILES string of the molecule is CC1OC(O[C@H]2/C=C/C=C/C=C/C=C/C=C/C=C/C=C/[C@H](C)[C@@H](C)[C@@H](C)[C@H](C)OC(=O)C[C@H](O)C[C@H](O)CC[C@@H](O)[C@H](O)C[C@H](O)C[C@@H]3C[C@H](O)[C@@H](C(=O)O)[C@H](C2)O3)C(O)C(N)C1C. The normalized spacial score (nSPS) is 44.8. The second-order valence-electron chi connectivity index (χ2n) is 18.1. The Morgan fingerprint density at radius 3 is 1.78 bits per heavy atom. The summed E-state index contributed by atoms with van der Waals surface area (Å²) in [5.74, 6) is -3.03. The predicted molar refractivity (Wildman–Crippen MR) is 242 cm³/mol. The van der Waals surface area contributed by atoms with Crippen LogP contribution >= 0.6 is 0 Å². The number of carbonyl (C=O) groups excluding carboxylic acids is 1. The van der Waals surface area contributed by atoms with Gasteiger partial charge in [0.2, 0.25) is 0 Å². The van der Waals surface area contributed by atoms with Crippen molar-refractivity contribution >= 4 is 11.9 Å². The first kappa shape index (κ1) is 55.0. The molecule has 64 heavy (non-hydrogen) atoms. The van der Waals surface area contributed by atoms with Gasteiger partial charge in [-0.15, -0.1) is 0 Å². The minimum atomic E-state index is -1.41. The molecule has 0 spiro atoms. The highest BCUT2D eigenvalue weighted by Gasteiger charge is 2.45. The summed E-state index contributed by atoms with van der Waals surface area (Å²) in [7, 11) is 0. The molecule has 3 heterocycles. The average molecular weight is 904 g/mol. The molecule has 3 aliphatic rings. The van der Waals surface area contributed by atoms with Crippen LogP contribution in [0.2, 0.25) is 0 Å². The summed E-state index contributed by atoms with van der Waals surface area (Å²) in [4.78, 5) is 25.2. The van der Waals surface area contributed by atoms with E-state index < -0.39 is 97.3 Å². The minimum absolute atomic E-state index is 0.00747. The van der Waals surface area contributed by atoms with Gasteiger partial charge >= 0.3 is 11.9 Å². The zero-order valence-corrected chi connectivity index (χ0v) is 38.3. The highest BCUT2D eigenvalue weighted by molar-refractivity contribution is 5.71. The van der Waals surface area contributed by atoms with Crippen molar-refractivity contribution in [3.8, 4) is 0 Å². The van der Waals surface area contributed by atoms with Crippen LogP contribution in [0.15, 0.2) is 85.1 Å². The number of carbonyl (C=O) groups is 2. The van der Waals surface area contributed by atoms with Gasteiger partial charge in [-0.1, -0.05) is 113 Å². The van der Waals surface area contributed by atoms with Crippen LogP contribution in [0, 0.1) is 29.6 Å². The lowest BCUT2D eigenvalue weighted by atomic mass is 9.82. The van der Waals surface area contributed by atoms with E-state index >= 15 is 0 Å². The quantitative estimate of drug-likeness (QED) is 0.182. The third-order valence-electron chi connectivity index (χ3n) is 13.0. The lowest BCUT2D eigenvalue weighted by Gasteiger charge is -2.43. The van der Waals surface area contributed by atoms with Gasteiger partial charge in [-0.05, 0) is 63.2 Å². The summed E-state index contributed by atoms with van der Waals surface area (Å²) in [5, 5.41) is 85.8. The van der Waals surface area contributed by atoms with E-state index in [9.17, 15) is 50.4 Å².